The zero-order chi connectivity index (χ0) is 23.5. The summed E-state index contributed by atoms with van der Waals surface area (Å²) < 4.78 is 46.8. The first-order valence-electron chi connectivity index (χ1n) is 11.5. The molecule has 2 aliphatic rings. The molecular weight excluding hydrogens is 433 g/mol. The molecule has 2 aromatic rings. The van der Waals surface area contributed by atoms with Gasteiger partial charge in [-0.05, 0) is 68.5 Å². The fraction of sp³-hybridized carbons (Fsp3) is 0.520. The number of nitrogens with zero attached hydrogens (tertiary/aromatic N) is 2. The Bertz CT molecular complexity index is 948. The van der Waals surface area contributed by atoms with Gasteiger partial charge in [0.15, 0.2) is 0 Å². The Balaban J connectivity index is 1.26. The molecule has 1 aliphatic carbocycles. The van der Waals surface area contributed by atoms with Gasteiger partial charge in [-0.2, -0.15) is 13.2 Å². The van der Waals surface area contributed by atoms with Gasteiger partial charge in [-0.25, -0.2) is 9.78 Å². The van der Waals surface area contributed by atoms with Crippen LogP contribution in [0.2, 0.25) is 0 Å². The van der Waals surface area contributed by atoms with Crippen molar-refractivity contribution in [2.45, 2.75) is 44.7 Å². The van der Waals surface area contributed by atoms with Gasteiger partial charge in [0.05, 0.1) is 17.6 Å². The van der Waals surface area contributed by atoms with E-state index in [0.717, 1.165) is 24.0 Å². The third-order valence-corrected chi connectivity index (χ3v) is 7.04. The van der Waals surface area contributed by atoms with Crippen LogP contribution in [0.25, 0.3) is 11.1 Å². The Hall–Kier alpha value is -2.61. The van der Waals surface area contributed by atoms with Crippen LogP contribution in [0.4, 0.5) is 13.2 Å². The molecule has 0 bridgehead atoms. The summed E-state index contributed by atoms with van der Waals surface area (Å²) in [5.41, 5.74) is 0.254. The third kappa shape index (κ3) is 5.49. The normalized spacial score (nSPS) is 19.5. The molecule has 1 aliphatic heterocycles. The first-order valence-corrected chi connectivity index (χ1v) is 11.5. The van der Waals surface area contributed by atoms with Gasteiger partial charge >= 0.3 is 12.1 Å². The van der Waals surface area contributed by atoms with E-state index < -0.39 is 17.6 Å². The van der Waals surface area contributed by atoms with Crippen molar-refractivity contribution in [2.75, 3.05) is 26.2 Å². The molecule has 1 N–H and O–H groups in total. The van der Waals surface area contributed by atoms with Crippen LogP contribution < -0.4 is 4.74 Å². The number of carboxylic acid groups (broad SMARTS) is 1. The second-order valence-electron chi connectivity index (χ2n) is 9.29. The summed E-state index contributed by atoms with van der Waals surface area (Å²) in [5.74, 6) is -0.203. The number of aromatic nitrogens is 1. The van der Waals surface area contributed by atoms with Gasteiger partial charge in [-0.15, -0.1) is 0 Å². The number of carbonyl (C=O) groups is 1. The molecule has 2 fully saturated rings. The Morgan fingerprint density at radius 2 is 1.85 bits per heavy atom. The van der Waals surface area contributed by atoms with Crippen LogP contribution in [0.15, 0.2) is 42.6 Å². The first-order chi connectivity index (χ1) is 15.8. The number of aromatic carboxylic acids is 1. The maximum atomic E-state index is 13.7. The number of likely N-dealkylation sites (tertiary alicyclic amines) is 1. The molecule has 1 saturated heterocycles. The van der Waals surface area contributed by atoms with Crippen LogP contribution in [0.3, 0.4) is 0 Å². The lowest BCUT2D eigenvalue weighted by atomic mass is 9.83. The zero-order valence-electron chi connectivity index (χ0n) is 18.5. The summed E-state index contributed by atoms with van der Waals surface area (Å²) in [6.45, 7) is 1.94. The summed E-state index contributed by atoms with van der Waals surface area (Å²) in [6.07, 6.45) is 0.986. The molecule has 33 heavy (non-hydrogen) atoms. The summed E-state index contributed by atoms with van der Waals surface area (Å²) in [6, 6.07) is 10.3. The minimum Gasteiger partial charge on any atom is -0.478 e. The second-order valence-corrected chi connectivity index (χ2v) is 9.29. The van der Waals surface area contributed by atoms with Crippen molar-refractivity contribution >= 4 is 5.97 Å². The Labute approximate surface area is 191 Å². The van der Waals surface area contributed by atoms with Crippen LogP contribution in [0, 0.1) is 11.3 Å². The molecule has 178 valence electrons. The van der Waals surface area contributed by atoms with Crippen molar-refractivity contribution in [3.8, 4) is 17.0 Å². The molecular formula is C25H29F3N2O3. The van der Waals surface area contributed by atoms with Crippen LogP contribution >= 0.6 is 0 Å². The molecule has 0 spiro atoms. The number of ether oxygens (including phenoxy) is 1. The van der Waals surface area contributed by atoms with Gasteiger partial charge in [-0.1, -0.05) is 25.0 Å². The predicted octanol–water partition coefficient (Wildman–Crippen LogP) is 5.66. The highest BCUT2D eigenvalue weighted by Gasteiger charge is 2.56. The SMILES string of the molecule is O=C(O)c1cccc(-c2ccc(OCC3CCN(CC4(C(F)(F)F)CCCC4)CC3)nc2)c1. The van der Waals surface area contributed by atoms with Crippen molar-refractivity contribution in [3.05, 3.63) is 48.2 Å². The van der Waals surface area contributed by atoms with E-state index >= 15 is 0 Å². The van der Waals surface area contributed by atoms with Gasteiger partial charge in [0.2, 0.25) is 5.88 Å². The Morgan fingerprint density at radius 1 is 1.12 bits per heavy atom. The third-order valence-electron chi connectivity index (χ3n) is 7.04. The fourth-order valence-electron chi connectivity index (χ4n) is 4.99. The fourth-order valence-corrected chi connectivity index (χ4v) is 4.99. The van der Waals surface area contributed by atoms with Crippen molar-refractivity contribution in [3.63, 3.8) is 0 Å². The standard InChI is InChI=1S/C25H29F3N2O3/c26-25(27,28)24(10-1-2-11-24)17-30-12-8-18(9-13-30)16-33-22-7-6-21(15-29-22)19-4-3-5-20(14-19)23(31)32/h3-7,14-15,18H,1-2,8-13,16-17H2,(H,31,32). The van der Waals surface area contributed by atoms with E-state index in [4.69, 9.17) is 9.84 Å². The highest BCUT2D eigenvalue weighted by Crippen LogP contribution is 2.51. The monoisotopic (exact) mass is 462 g/mol. The number of hydrogen-bond donors (Lipinski definition) is 1. The summed E-state index contributed by atoms with van der Waals surface area (Å²) in [7, 11) is 0. The van der Waals surface area contributed by atoms with Gasteiger partial charge < -0.3 is 14.7 Å². The topological polar surface area (TPSA) is 62.7 Å². The summed E-state index contributed by atoms with van der Waals surface area (Å²) >= 11 is 0. The zero-order valence-corrected chi connectivity index (χ0v) is 18.5. The van der Waals surface area contributed by atoms with Gasteiger partial charge in [0.25, 0.3) is 0 Å². The molecule has 0 radical (unpaired) electrons. The van der Waals surface area contributed by atoms with Crippen molar-refractivity contribution < 1.29 is 27.8 Å². The van der Waals surface area contributed by atoms with E-state index in [2.05, 4.69) is 4.98 Å². The van der Waals surface area contributed by atoms with Crippen LogP contribution in [0.5, 0.6) is 5.88 Å². The maximum Gasteiger partial charge on any atom is 0.395 e. The molecule has 8 heteroatoms. The maximum absolute atomic E-state index is 13.7. The van der Waals surface area contributed by atoms with Crippen LogP contribution in [0.1, 0.15) is 48.9 Å². The van der Waals surface area contributed by atoms with Crippen LogP contribution in [-0.4, -0.2) is 53.4 Å². The number of alkyl halides is 3. The van der Waals surface area contributed by atoms with E-state index in [1.807, 2.05) is 17.0 Å². The number of pyridine rings is 1. The quantitative estimate of drug-likeness (QED) is 0.575. The first kappa shape index (κ1) is 23.5. The molecule has 5 nitrogen and oxygen atoms in total. The van der Waals surface area contributed by atoms with Crippen LogP contribution in [-0.2, 0) is 0 Å². The Kier molecular flexibility index (Phi) is 6.93. The molecule has 1 aromatic carbocycles. The molecule has 2 heterocycles. The number of hydrogen-bond acceptors (Lipinski definition) is 4. The average molecular weight is 463 g/mol. The second kappa shape index (κ2) is 9.71. The van der Waals surface area contributed by atoms with E-state index in [9.17, 15) is 18.0 Å². The van der Waals surface area contributed by atoms with E-state index in [-0.39, 0.29) is 24.9 Å². The summed E-state index contributed by atoms with van der Waals surface area (Å²) in [4.78, 5) is 17.5. The lowest BCUT2D eigenvalue weighted by molar-refractivity contribution is -0.228. The van der Waals surface area contributed by atoms with Gasteiger partial charge in [-0.3, -0.25) is 0 Å². The van der Waals surface area contributed by atoms with Crippen molar-refractivity contribution in [1.29, 1.82) is 0 Å². The number of piperidine rings is 1. The van der Waals surface area contributed by atoms with E-state index in [1.165, 1.54) is 0 Å². The average Bonchev–Trinajstić information content (AvgIpc) is 3.29. The van der Waals surface area contributed by atoms with Crippen molar-refractivity contribution in [1.82, 2.24) is 9.88 Å². The van der Waals surface area contributed by atoms with E-state index in [0.29, 0.717) is 44.3 Å². The minimum absolute atomic E-state index is 0.121. The molecule has 0 unspecified atom stereocenters. The van der Waals surface area contributed by atoms with Gasteiger partial charge in [0, 0.05) is 24.4 Å². The van der Waals surface area contributed by atoms with E-state index in [1.54, 1.807) is 30.5 Å². The lowest BCUT2D eigenvalue weighted by Gasteiger charge is -2.40. The molecule has 0 atom stereocenters. The minimum atomic E-state index is -4.13. The number of benzene rings is 1. The van der Waals surface area contributed by atoms with Crippen molar-refractivity contribution in [2.24, 2.45) is 11.3 Å². The van der Waals surface area contributed by atoms with Gasteiger partial charge in [0.1, 0.15) is 0 Å². The number of carboxylic acids is 1. The summed E-state index contributed by atoms with van der Waals surface area (Å²) in [5, 5.41) is 9.14. The largest absolute Gasteiger partial charge is 0.478 e. The number of halogens is 3. The molecule has 4 rings (SSSR count). The molecule has 0 amide bonds. The predicted molar refractivity (Wildman–Crippen MR) is 118 cm³/mol. The number of rotatable bonds is 7. The smallest absolute Gasteiger partial charge is 0.395 e. The lowest BCUT2D eigenvalue weighted by Crippen LogP contribution is -2.48. The molecule has 1 saturated carbocycles. The molecule has 1 aromatic heterocycles. The highest BCUT2D eigenvalue weighted by atomic mass is 19.4. The highest BCUT2D eigenvalue weighted by molar-refractivity contribution is 5.89. The Morgan fingerprint density at radius 3 is 2.45 bits per heavy atom.